The predicted molar refractivity (Wildman–Crippen MR) is 72.1 cm³/mol. The van der Waals surface area contributed by atoms with E-state index in [0.29, 0.717) is 18.8 Å². The van der Waals surface area contributed by atoms with Crippen LogP contribution in [0.15, 0.2) is 24.3 Å². The van der Waals surface area contributed by atoms with Gasteiger partial charge in [0.2, 0.25) is 0 Å². The Bertz CT molecular complexity index is 422. The first-order valence-corrected chi connectivity index (χ1v) is 6.32. The quantitative estimate of drug-likeness (QED) is 0.710. The molecule has 0 N–H and O–H groups in total. The molecule has 0 amide bonds. The Hall–Kier alpha value is -1.84. The highest BCUT2D eigenvalue weighted by Gasteiger charge is 2.13. The van der Waals surface area contributed by atoms with Crippen LogP contribution >= 0.6 is 0 Å². The molecule has 1 aromatic rings. The van der Waals surface area contributed by atoms with Gasteiger partial charge in [0.15, 0.2) is 0 Å². The van der Waals surface area contributed by atoms with Gasteiger partial charge in [-0.3, -0.25) is 4.79 Å². The van der Waals surface area contributed by atoms with Gasteiger partial charge in [0.1, 0.15) is 18.1 Å². The number of rotatable bonds is 7. The molecule has 0 saturated heterocycles. The lowest BCUT2D eigenvalue weighted by Gasteiger charge is -2.11. The van der Waals surface area contributed by atoms with Crippen molar-refractivity contribution in [2.24, 2.45) is 5.92 Å². The number of hydrogen-bond acceptors (Lipinski definition) is 4. The third-order valence-electron chi connectivity index (χ3n) is 2.79. The third kappa shape index (κ3) is 5.55. The van der Waals surface area contributed by atoms with E-state index in [2.05, 4.69) is 4.74 Å². The van der Waals surface area contributed by atoms with E-state index < -0.39 is 0 Å². The number of ketones is 1. The highest BCUT2D eigenvalue weighted by Crippen LogP contribution is 2.14. The summed E-state index contributed by atoms with van der Waals surface area (Å²) in [7, 11) is 1.36. The van der Waals surface area contributed by atoms with Gasteiger partial charge in [0, 0.05) is 6.42 Å². The summed E-state index contributed by atoms with van der Waals surface area (Å²) < 4.78 is 10.1. The van der Waals surface area contributed by atoms with Crippen LogP contribution in [0.5, 0.6) is 5.75 Å². The van der Waals surface area contributed by atoms with E-state index in [1.807, 2.05) is 24.3 Å². The maximum Gasteiger partial charge on any atom is 0.311 e. The Morgan fingerprint density at radius 3 is 2.37 bits per heavy atom. The van der Waals surface area contributed by atoms with Crippen LogP contribution in [0.25, 0.3) is 0 Å². The summed E-state index contributed by atoms with van der Waals surface area (Å²) in [6.45, 7) is 3.64. The standard InChI is InChI=1S/C15H20O4/c1-11(15(17)18-3)10-19-14-8-6-13(7-9-14)5-4-12(2)16/h6-9,11H,4-5,10H2,1-3H3. The molecule has 0 fully saturated rings. The highest BCUT2D eigenvalue weighted by molar-refractivity contribution is 5.75. The van der Waals surface area contributed by atoms with Crippen molar-refractivity contribution in [3.63, 3.8) is 0 Å². The molecular formula is C15H20O4. The lowest BCUT2D eigenvalue weighted by Crippen LogP contribution is -2.19. The van der Waals surface area contributed by atoms with Gasteiger partial charge in [-0.15, -0.1) is 0 Å². The molecule has 0 bridgehead atoms. The number of hydrogen-bond donors (Lipinski definition) is 0. The number of methoxy groups -OCH3 is 1. The van der Waals surface area contributed by atoms with E-state index in [4.69, 9.17) is 4.74 Å². The van der Waals surface area contributed by atoms with Crippen LogP contribution < -0.4 is 4.74 Å². The zero-order chi connectivity index (χ0) is 14.3. The van der Waals surface area contributed by atoms with Crippen LogP contribution in [-0.4, -0.2) is 25.5 Å². The number of carbonyl (C=O) groups excluding carboxylic acids is 2. The van der Waals surface area contributed by atoms with E-state index in [1.54, 1.807) is 13.8 Å². The Morgan fingerprint density at radius 2 is 1.84 bits per heavy atom. The predicted octanol–water partition coefficient (Wildman–Crippen LogP) is 2.40. The third-order valence-corrected chi connectivity index (χ3v) is 2.79. The Balaban J connectivity index is 2.44. The molecule has 1 atom stereocenters. The molecule has 0 radical (unpaired) electrons. The average molecular weight is 264 g/mol. The Labute approximate surface area is 113 Å². The lowest BCUT2D eigenvalue weighted by atomic mass is 10.1. The van der Waals surface area contributed by atoms with Gasteiger partial charge in [-0.25, -0.2) is 0 Å². The minimum Gasteiger partial charge on any atom is -0.493 e. The number of Topliss-reactive ketones (excluding diaryl/α,β-unsaturated/α-hetero) is 1. The molecule has 0 heterocycles. The smallest absolute Gasteiger partial charge is 0.311 e. The van der Waals surface area contributed by atoms with Crippen molar-refractivity contribution < 1.29 is 19.1 Å². The maximum atomic E-state index is 11.2. The SMILES string of the molecule is COC(=O)C(C)COc1ccc(CCC(C)=O)cc1. The highest BCUT2D eigenvalue weighted by atomic mass is 16.5. The largest absolute Gasteiger partial charge is 0.493 e. The molecule has 0 aliphatic heterocycles. The van der Waals surface area contributed by atoms with Crippen molar-refractivity contribution in [1.82, 2.24) is 0 Å². The molecule has 0 aliphatic rings. The van der Waals surface area contributed by atoms with Crippen molar-refractivity contribution in [3.05, 3.63) is 29.8 Å². The number of esters is 1. The molecular weight excluding hydrogens is 244 g/mol. The number of ether oxygens (including phenoxy) is 2. The van der Waals surface area contributed by atoms with Gasteiger partial charge >= 0.3 is 5.97 Å². The van der Waals surface area contributed by atoms with Gasteiger partial charge in [0.05, 0.1) is 13.0 Å². The van der Waals surface area contributed by atoms with Gasteiger partial charge < -0.3 is 14.3 Å². The molecule has 1 aromatic carbocycles. The summed E-state index contributed by atoms with van der Waals surface area (Å²) in [6, 6.07) is 7.56. The molecule has 0 aromatic heterocycles. The summed E-state index contributed by atoms with van der Waals surface area (Å²) in [6.07, 6.45) is 1.30. The van der Waals surface area contributed by atoms with Gasteiger partial charge in [-0.1, -0.05) is 12.1 Å². The molecule has 4 nitrogen and oxygen atoms in total. The van der Waals surface area contributed by atoms with Crippen molar-refractivity contribution >= 4 is 11.8 Å². The second-order valence-electron chi connectivity index (χ2n) is 4.58. The van der Waals surface area contributed by atoms with Crippen LogP contribution in [0.1, 0.15) is 25.8 Å². The normalized spacial score (nSPS) is 11.7. The van der Waals surface area contributed by atoms with Crippen LogP contribution in [0.4, 0.5) is 0 Å². The Kier molecular flexibility index (Phi) is 6.06. The first kappa shape index (κ1) is 15.2. The second kappa shape index (κ2) is 7.56. The summed E-state index contributed by atoms with van der Waals surface area (Å²) in [5.41, 5.74) is 1.10. The second-order valence-corrected chi connectivity index (χ2v) is 4.58. The van der Waals surface area contributed by atoms with E-state index in [0.717, 1.165) is 12.0 Å². The van der Waals surface area contributed by atoms with Crippen LogP contribution in [-0.2, 0) is 20.7 Å². The van der Waals surface area contributed by atoms with Crippen molar-refractivity contribution in [2.75, 3.05) is 13.7 Å². The molecule has 0 spiro atoms. The first-order chi connectivity index (χ1) is 9.02. The summed E-state index contributed by atoms with van der Waals surface area (Å²) in [5, 5.41) is 0. The molecule has 19 heavy (non-hydrogen) atoms. The van der Waals surface area contributed by atoms with Gasteiger partial charge in [-0.2, -0.15) is 0 Å². The maximum absolute atomic E-state index is 11.2. The van der Waals surface area contributed by atoms with Crippen molar-refractivity contribution in [2.45, 2.75) is 26.7 Å². The number of carbonyl (C=O) groups is 2. The van der Waals surface area contributed by atoms with Crippen LogP contribution in [0.2, 0.25) is 0 Å². The van der Waals surface area contributed by atoms with Gasteiger partial charge in [-0.05, 0) is 38.0 Å². The Morgan fingerprint density at radius 1 is 1.21 bits per heavy atom. The lowest BCUT2D eigenvalue weighted by molar-refractivity contribution is -0.145. The summed E-state index contributed by atoms with van der Waals surface area (Å²) in [4.78, 5) is 22.1. The fourth-order valence-electron chi connectivity index (χ4n) is 1.56. The molecule has 104 valence electrons. The number of aryl methyl sites for hydroxylation is 1. The van der Waals surface area contributed by atoms with Crippen LogP contribution in [0, 0.1) is 5.92 Å². The minimum atomic E-state index is -0.289. The monoisotopic (exact) mass is 264 g/mol. The summed E-state index contributed by atoms with van der Waals surface area (Å²) >= 11 is 0. The van der Waals surface area contributed by atoms with E-state index in [-0.39, 0.29) is 17.7 Å². The average Bonchev–Trinajstić information content (AvgIpc) is 2.42. The van der Waals surface area contributed by atoms with Crippen molar-refractivity contribution in [1.29, 1.82) is 0 Å². The molecule has 1 unspecified atom stereocenters. The van der Waals surface area contributed by atoms with Gasteiger partial charge in [0.25, 0.3) is 0 Å². The van der Waals surface area contributed by atoms with Crippen molar-refractivity contribution in [3.8, 4) is 5.75 Å². The topological polar surface area (TPSA) is 52.6 Å². The van der Waals surface area contributed by atoms with E-state index in [1.165, 1.54) is 7.11 Å². The minimum absolute atomic E-state index is 0.187. The van der Waals surface area contributed by atoms with Crippen LogP contribution in [0.3, 0.4) is 0 Å². The first-order valence-electron chi connectivity index (χ1n) is 6.32. The zero-order valence-corrected chi connectivity index (χ0v) is 11.6. The molecule has 0 aliphatic carbocycles. The molecule has 4 heteroatoms. The molecule has 1 rings (SSSR count). The number of benzene rings is 1. The fourth-order valence-corrected chi connectivity index (χ4v) is 1.56. The fraction of sp³-hybridized carbons (Fsp3) is 0.467. The summed E-state index contributed by atoms with van der Waals surface area (Å²) in [5.74, 6) is 0.329. The van der Waals surface area contributed by atoms with E-state index in [9.17, 15) is 9.59 Å². The zero-order valence-electron chi connectivity index (χ0n) is 11.6. The molecule has 0 saturated carbocycles. The van der Waals surface area contributed by atoms with E-state index >= 15 is 0 Å².